The van der Waals surface area contributed by atoms with Gasteiger partial charge in [0.1, 0.15) is 11.5 Å². The summed E-state index contributed by atoms with van der Waals surface area (Å²) in [5.41, 5.74) is 8.83. The Bertz CT molecular complexity index is 565. The van der Waals surface area contributed by atoms with Crippen molar-refractivity contribution in [2.75, 3.05) is 0 Å². The van der Waals surface area contributed by atoms with Gasteiger partial charge in [-0.3, -0.25) is 0 Å². The maximum absolute atomic E-state index is 6.22. The molecule has 2 aromatic carbocycles. The van der Waals surface area contributed by atoms with Crippen LogP contribution >= 0.6 is 0 Å². The molecule has 98 valence electrons. The van der Waals surface area contributed by atoms with Gasteiger partial charge in [0, 0.05) is 6.04 Å². The lowest BCUT2D eigenvalue weighted by atomic mass is 9.81. The monoisotopic (exact) mass is 253 g/mol. The minimum absolute atomic E-state index is 0.144. The Kier molecular flexibility index (Phi) is 3.26. The molecule has 2 heteroatoms. The van der Waals surface area contributed by atoms with Gasteiger partial charge in [0.15, 0.2) is 0 Å². The van der Waals surface area contributed by atoms with E-state index in [2.05, 4.69) is 19.1 Å². The Morgan fingerprint density at radius 2 is 1.74 bits per heavy atom. The molecule has 0 spiro atoms. The summed E-state index contributed by atoms with van der Waals surface area (Å²) in [5.74, 6) is 2.33. The van der Waals surface area contributed by atoms with Crippen molar-refractivity contribution < 1.29 is 4.74 Å². The third-order valence-electron chi connectivity index (χ3n) is 3.88. The zero-order valence-corrected chi connectivity index (χ0v) is 11.2. The normalized spacial score (nSPS) is 21.8. The first-order chi connectivity index (χ1) is 9.24. The minimum atomic E-state index is 0.144. The standard InChI is InChI=1S/C17H19NO/c1-12-7-10-17(18)16-11-14(8-9-15(12)16)19-13-5-3-2-4-6-13/h2-6,8-9,11-12,17H,7,10,18H2,1H3. The van der Waals surface area contributed by atoms with Crippen LogP contribution in [-0.2, 0) is 0 Å². The molecular formula is C17H19NO. The number of ether oxygens (including phenoxy) is 1. The fourth-order valence-electron chi connectivity index (χ4n) is 2.75. The SMILES string of the molecule is CC1CCC(N)c2cc(Oc3ccccc3)ccc21. The molecule has 1 aliphatic rings. The van der Waals surface area contributed by atoms with Crippen molar-refractivity contribution in [3.63, 3.8) is 0 Å². The van der Waals surface area contributed by atoms with Crippen LogP contribution in [0.5, 0.6) is 11.5 Å². The summed E-state index contributed by atoms with van der Waals surface area (Å²) in [6.45, 7) is 2.27. The van der Waals surface area contributed by atoms with Gasteiger partial charge in [-0.05, 0) is 54.2 Å². The van der Waals surface area contributed by atoms with Crippen LogP contribution in [0, 0.1) is 0 Å². The number of rotatable bonds is 2. The van der Waals surface area contributed by atoms with Crippen molar-refractivity contribution in [3.05, 3.63) is 59.7 Å². The Morgan fingerprint density at radius 1 is 0.947 bits per heavy atom. The highest BCUT2D eigenvalue weighted by Gasteiger charge is 2.22. The van der Waals surface area contributed by atoms with E-state index in [1.165, 1.54) is 17.5 Å². The maximum atomic E-state index is 6.22. The zero-order valence-electron chi connectivity index (χ0n) is 11.2. The molecule has 0 amide bonds. The highest BCUT2D eigenvalue weighted by Crippen LogP contribution is 2.38. The van der Waals surface area contributed by atoms with E-state index < -0.39 is 0 Å². The molecule has 2 atom stereocenters. The quantitative estimate of drug-likeness (QED) is 0.862. The topological polar surface area (TPSA) is 35.2 Å². The molecule has 0 saturated carbocycles. The summed E-state index contributed by atoms with van der Waals surface area (Å²) in [4.78, 5) is 0. The lowest BCUT2D eigenvalue weighted by Crippen LogP contribution is -2.19. The molecule has 1 aliphatic carbocycles. The van der Waals surface area contributed by atoms with Crippen molar-refractivity contribution in [2.24, 2.45) is 5.73 Å². The summed E-state index contributed by atoms with van der Waals surface area (Å²) in [7, 11) is 0. The minimum Gasteiger partial charge on any atom is -0.457 e. The molecular weight excluding hydrogens is 234 g/mol. The van der Waals surface area contributed by atoms with Gasteiger partial charge in [-0.1, -0.05) is 31.2 Å². The van der Waals surface area contributed by atoms with Crippen LogP contribution in [0.2, 0.25) is 0 Å². The number of para-hydroxylation sites is 1. The lowest BCUT2D eigenvalue weighted by molar-refractivity contribution is 0.472. The van der Waals surface area contributed by atoms with Gasteiger partial charge in [0.05, 0.1) is 0 Å². The number of benzene rings is 2. The Morgan fingerprint density at radius 3 is 2.53 bits per heavy atom. The van der Waals surface area contributed by atoms with Gasteiger partial charge in [-0.15, -0.1) is 0 Å². The number of fused-ring (bicyclic) bond motifs is 1. The summed E-state index contributed by atoms with van der Waals surface area (Å²) in [6, 6.07) is 16.3. The summed E-state index contributed by atoms with van der Waals surface area (Å²) in [6.07, 6.45) is 2.23. The predicted molar refractivity (Wildman–Crippen MR) is 77.5 cm³/mol. The highest BCUT2D eigenvalue weighted by atomic mass is 16.5. The lowest BCUT2D eigenvalue weighted by Gasteiger charge is -2.27. The van der Waals surface area contributed by atoms with Gasteiger partial charge >= 0.3 is 0 Å². The van der Waals surface area contributed by atoms with E-state index in [-0.39, 0.29) is 6.04 Å². The van der Waals surface area contributed by atoms with E-state index in [4.69, 9.17) is 10.5 Å². The highest BCUT2D eigenvalue weighted by molar-refractivity contribution is 5.42. The van der Waals surface area contributed by atoms with Crippen LogP contribution in [0.4, 0.5) is 0 Å². The van der Waals surface area contributed by atoms with Crippen LogP contribution in [0.15, 0.2) is 48.5 Å². The van der Waals surface area contributed by atoms with Gasteiger partial charge in [-0.25, -0.2) is 0 Å². The summed E-state index contributed by atoms with van der Waals surface area (Å²) < 4.78 is 5.87. The maximum Gasteiger partial charge on any atom is 0.127 e. The molecule has 0 fully saturated rings. The second kappa shape index (κ2) is 5.06. The van der Waals surface area contributed by atoms with E-state index in [0.29, 0.717) is 5.92 Å². The summed E-state index contributed by atoms with van der Waals surface area (Å²) in [5, 5.41) is 0. The predicted octanol–water partition coefficient (Wildman–Crippen LogP) is 4.38. The third-order valence-corrected chi connectivity index (χ3v) is 3.88. The van der Waals surface area contributed by atoms with E-state index >= 15 is 0 Å². The molecule has 0 radical (unpaired) electrons. The smallest absolute Gasteiger partial charge is 0.127 e. The number of hydrogen-bond acceptors (Lipinski definition) is 2. The van der Waals surface area contributed by atoms with Gasteiger partial charge in [0.2, 0.25) is 0 Å². The van der Waals surface area contributed by atoms with E-state index in [1.54, 1.807) is 0 Å². The van der Waals surface area contributed by atoms with Crippen molar-refractivity contribution in [1.29, 1.82) is 0 Å². The van der Waals surface area contributed by atoms with Gasteiger partial charge < -0.3 is 10.5 Å². The number of nitrogens with two attached hydrogens (primary N) is 1. The molecule has 2 nitrogen and oxygen atoms in total. The molecule has 0 heterocycles. The molecule has 2 unspecified atom stereocenters. The van der Waals surface area contributed by atoms with Crippen LogP contribution in [-0.4, -0.2) is 0 Å². The van der Waals surface area contributed by atoms with E-state index in [1.807, 2.05) is 36.4 Å². The number of hydrogen-bond donors (Lipinski definition) is 1. The molecule has 0 aliphatic heterocycles. The molecule has 2 aromatic rings. The first kappa shape index (κ1) is 12.2. The fraction of sp³-hybridized carbons (Fsp3) is 0.294. The Labute approximate surface area is 114 Å². The first-order valence-electron chi connectivity index (χ1n) is 6.86. The van der Waals surface area contributed by atoms with Crippen LogP contribution in [0.1, 0.15) is 42.9 Å². The fourth-order valence-corrected chi connectivity index (χ4v) is 2.75. The molecule has 2 N–H and O–H groups in total. The third kappa shape index (κ3) is 2.49. The zero-order chi connectivity index (χ0) is 13.2. The van der Waals surface area contributed by atoms with Gasteiger partial charge in [-0.2, -0.15) is 0 Å². The molecule has 0 saturated heterocycles. The van der Waals surface area contributed by atoms with Crippen LogP contribution in [0.3, 0.4) is 0 Å². The largest absolute Gasteiger partial charge is 0.457 e. The molecule has 0 bridgehead atoms. The van der Waals surface area contributed by atoms with Crippen LogP contribution < -0.4 is 10.5 Å². The Hall–Kier alpha value is -1.80. The second-order valence-corrected chi connectivity index (χ2v) is 5.29. The summed E-state index contributed by atoms with van der Waals surface area (Å²) >= 11 is 0. The molecule has 0 aromatic heterocycles. The first-order valence-corrected chi connectivity index (χ1v) is 6.86. The van der Waals surface area contributed by atoms with E-state index in [0.717, 1.165) is 17.9 Å². The van der Waals surface area contributed by atoms with Crippen molar-refractivity contribution in [3.8, 4) is 11.5 Å². The van der Waals surface area contributed by atoms with E-state index in [9.17, 15) is 0 Å². The van der Waals surface area contributed by atoms with Crippen molar-refractivity contribution in [1.82, 2.24) is 0 Å². The van der Waals surface area contributed by atoms with Gasteiger partial charge in [0.25, 0.3) is 0 Å². The average Bonchev–Trinajstić information content (AvgIpc) is 2.44. The second-order valence-electron chi connectivity index (χ2n) is 5.29. The average molecular weight is 253 g/mol. The van der Waals surface area contributed by atoms with Crippen molar-refractivity contribution >= 4 is 0 Å². The molecule has 3 rings (SSSR count). The van der Waals surface area contributed by atoms with Crippen molar-refractivity contribution in [2.45, 2.75) is 31.7 Å². The molecule has 19 heavy (non-hydrogen) atoms. The Balaban J connectivity index is 1.91. The van der Waals surface area contributed by atoms with Crippen LogP contribution in [0.25, 0.3) is 0 Å².